The van der Waals surface area contributed by atoms with Crippen molar-refractivity contribution in [3.63, 3.8) is 0 Å². The van der Waals surface area contributed by atoms with Crippen LogP contribution in [0, 0.1) is 0 Å². The van der Waals surface area contributed by atoms with E-state index in [1.165, 1.54) is 6.07 Å². The molecule has 1 aromatic heterocycles. The van der Waals surface area contributed by atoms with E-state index in [0.717, 1.165) is 5.69 Å². The van der Waals surface area contributed by atoms with Gasteiger partial charge in [-0.15, -0.1) is 5.10 Å². The molecule has 3 aromatic rings. The maximum atomic E-state index is 12.4. The zero-order chi connectivity index (χ0) is 20.4. The predicted octanol–water partition coefficient (Wildman–Crippen LogP) is 3.50. The second kappa shape index (κ2) is 7.92. The minimum atomic E-state index is -0.412. The number of carbonyl (C=O) groups is 2. The molecule has 1 aliphatic rings. The van der Waals surface area contributed by atoms with Crippen LogP contribution in [0.15, 0.2) is 52.9 Å². The Morgan fingerprint density at radius 2 is 2.03 bits per heavy atom. The van der Waals surface area contributed by atoms with Crippen LogP contribution in [-0.2, 0) is 4.79 Å². The number of nitrogens with one attached hydrogen (secondary N) is 1. The maximum absolute atomic E-state index is 12.4. The van der Waals surface area contributed by atoms with Crippen molar-refractivity contribution in [3.8, 4) is 5.75 Å². The van der Waals surface area contributed by atoms with E-state index in [1.54, 1.807) is 42.3 Å². The maximum Gasteiger partial charge on any atom is 0.322 e. The Bertz CT molecular complexity index is 1050. The summed E-state index contributed by atoms with van der Waals surface area (Å²) in [4.78, 5) is 26.4. The van der Waals surface area contributed by atoms with Crippen molar-refractivity contribution < 1.29 is 18.7 Å². The van der Waals surface area contributed by atoms with Gasteiger partial charge in [0, 0.05) is 29.2 Å². The van der Waals surface area contributed by atoms with E-state index < -0.39 is 5.91 Å². The Kier molecular flexibility index (Phi) is 5.18. The Labute approximate surface area is 171 Å². The van der Waals surface area contributed by atoms with Gasteiger partial charge in [0.15, 0.2) is 0 Å². The average Bonchev–Trinajstić information content (AvgIpc) is 3.34. The molecular formula is C20H17ClN4O4. The zero-order valence-electron chi connectivity index (χ0n) is 15.5. The van der Waals surface area contributed by atoms with Gasteiger partial charge in [-0.2, -0.15) is 0 Å². The van der Waals surface area contributed by atoms with Crippen LogP contribution in [0.25, 0.3) is 0 Å². The van der Waals surface area contributed by atoms with E-state index >= 15 is 0 Å². The molecule has 0 saturated carbocycles. The summed E-state index contributed by atoms with van der Waals surface area (Å²) < 4.78 is 10.7. The van der Waals surface area contributed by atoms with Crippen molar-refractivity contribution in [2.24, 2.45) is 0 Å². The van der Waals surface area contributed by atoms with E-state index in [4.69, 9.17) is 20.8 Å². The summed E-state index contributed by atoms with van der Waals surface area (Å²) in [6.07, 6.45) is 0.246. The first-order valence-electron chi connectivity index (χ1n) is 8.88. The molecule has 4 rings (SSSR count). The molecule has 148 valence electrons. The molecule has 0 radical (unpaired) electrons. The van der Waals surface area contributed by atoms with Gasteiger partial charge in [-0.25, -0.2) is 0 Å². The van der Waals surface area contributed by atoms with Gasteiger partial charge in [0.2, 0.25) is 11.8 Å². The standard InChI is InChI=1S/C20H17ClN4O4/c1-28-16-7-5-15(6-8-16)25-11-13(10-17(25)26)19-23-24-20(29-19)22-18(27)12-3-2-4-14(21)9-12/h2-9,13H,10-11H2,1H3,(H,22,24,27). The number of rotatable bonds is 5. The average molecular weight is 413 g/mol. The summed E-state index contributed by atoms with van der Waals surface area (Å²) >= 11 is 5.90. The van der Waals surface area contributed by atoms with Gasteiger partial charge < -0.3 is 14.1 Å². The van der Waals surface area contributed by atoms with E-state index in [9.17, 15) is 9.59 Å². The Balaban J connectivity index is 1.44. The fourth-order valence-corrected chi connectivity index (χ4v) is 3.32. The topological polar surface area (TPSA) is 97.6 Å². The Morgan fingerprint density at radius 1 is 1.24 bits per heavy atom. The molecule has 29 heavy (non-hydrogen) atoms. The Hall–Kier alpha value is -3.39. The molecule has 1 N–H and O–H groups in total. The molecular weight excluding hydrogens is 396 g/mol. The number of amides is 2. The zero-order valence-corrected chi connectivity index (χ0v) is 16.2. The SMILES string of the molecule is COc1ccc(N2CC(c3nnc(NC(=O)c4cccc(Cl)c4)o3)CC2=O)cc1. The van der Waals surface area contributed by atoms with Gasteiger partial charge in [0.05, 0.1) is 13.0 Å². The number of methoxy groups -OCH3 is 1. The van der Waals surface area contributed by atoms with Crippen LogP contribution in [0.4, 0.5) is 11.7 Å². The highest BCUT2D eigenvalue weighted by Gasteiger charge is 2.35. The first kappa shape index (κ1) is 18.9. The van der Waals surface area contributed by atoms with Crippen molar-refractivity contribution in [1.82, 2.24) is 10.2 Å². The van der Waals surface area contributed by atoms with Gasteiger partial charge >= 0.3 is 6.01 Å². The molecule has 9 heteroatoms. The second-order valence-corrected chi connectivity index (χ2v) is 6.95. The van der Waals surface area contributed by atoms with Crippen molar-refractivity contribution in [2.45, 2.75) is 12.3 Å². The number of nitrogens with zero attached hydrogens (tertiary/aromatic N) is 3. The molecule has 2 heterocycles. The van der Waals surface area contributed by atoms with Gasteiger partial charge in [-0.1, -0.05) is 22.8 Å². The van der Waals surface area contributed by atoms with Crippen molar-refractivity contribution in [2.75, 3.05) is 23.9 Å². The van der Waals surface area contributed by atoms with Crippen LogP contribution in [0.5, 0.6) is 5.75 Å². The lowest BCUT2D eigenvalue weighted by atomic mass is 10.1. The highest BCUT2D eigenvalue weighted by atomic mass is 35.5. The van der Waals surface area contributed by atoms with Crippen LogP contribution in [-0.4, -0.2) is 35.7 Å². The van der Waals surface area contributed by atoms with Gasteiger partial charge in [0.1, 0.15) is 5.75 Å². The summed E-state index contributed by atoms with van der Waals surface area (Å²) in [5.41, 5.74) is 1.14. The van der Waals surface area contributed by atoms with Crippen LogP contribution in [0.2, 0.25) is 5.02 Å². The third-order valence-corrected chi connectivity index (χ3v) is 4.84. The molecule has 1 unspecified atom stereocenters. The van der Waals surface area contributed by atoms with Gasteiger partial charge in [-0.3, -0.25) is 14.9 Å². The highest BCUT2D eigenvalue weighted by molar-refractivity contribution is 6.31. The van der Waals surface area contributed by atoms with E-state index in [-0.39, 0.29) is 24.3 Å². The first-order chi connectivity index (χ1) is 14.0. The third kappa shape index (κ3) is 4.07. The number of carbonyl (C=O) groups excluding carboxylic acids is 2. The number of anilines is 2. The fraction of sp³-hybridized carbons (Fsp3) is 0.200. The largest absolute Gasteiger partial charge is 0.497 e. The molecule has 1 saturated heterocycles. The quantitative estimate of drug-likeness (QED) is 0.688. The molecule has 0 bridgehead atoms. The molecule has 2 amide bonds. The lowest BCUT2D eigenvalue weighted by molar-refractivity contribution is -0.117. The molecule has 8 nitrogen and oxygen atoms in total. The van der Waals surface area contributed by atoms with Crippen LogP contribution >= 0.6 is 11.6 Å². The third-order valence-electron chi connectivity index (χ3n) is 4.61. The number of benzene rings is 2. The van der Waals surface area contributed by atoms with Crippen molar-refractivity contribution >= 4 is 35.1 Å². The van der Waals surface area contributed by atoms with Crippen LogP contribution < -0.4 is 15.0 Å². The van der Waals surface area contributed by atoms with Crippen LogP contribution in [0.1, 0.15) is 28.6 Å². The summed E-state index contributed by atoms with van der Waals surface area (Å²) in [7, 11) is 1.59. The number of aromatic nitrogens is 2. The number of hydrogen-bond donors (Lipinski definition) is 1. The summed E-state index contributed by atoms with van der Waals surface area (Å²) in [5.74, 6) is 0.312. The molecule has 0 spiro atoms. The Morgan fingerprint density at radius 3 is 2.76 bits per heavy atom. The molecule has 1 atom stereocenters. The lowest BCUT2D eigenvalue weighted by Gasteiger charge is -2.16. The van der Waals surface area contributed by atoms with E-state index in [2.05, 4.69) is 15.5 Å². The second-order valence-electron chi connectivity index (χ2n) is 6.51. The summed E-state index contributed by atoms with van der Waals surface area (Å²) in [6.45, 7) is 0.412. The summed E-state index contributed by atoms with van der Waals surface area (Å²) in [5, 5.41) is 10.9. The van der Waals surface area contributed by atoms with Gasteiger partial charge in [0.25, 0.3) is 5.91 Å². The van der Waals surface area contributed by atoms with Crippen LogP contribution in [0.3, 0.4) is 0 Å². The summed E-state index contributed by atoms with van der Waals surface area (Å²) in [6, 6.07) is 13.7. The number of ether oxygens (including phenoxy) is 1. The van der Waals surface area contributed by atoms with E-state index in [1.807, 2.05) is 12.1 Å². The monoisotopic (exact) mass is 412 g/mol. The number of hydrogen-bond acceptors (Lipinski definition) is 6. The van der Waals surface area contributed by atoms with E-state index in [0.29, 0.717) is 28.8 Å². The minimum absolute atomic E-state index is 0.0275. The molecule has 1 fully saturated rings. The normalized spacial score (nSPS) is 16.1. The first-order valence-corrected chi connectivity index (χ1v) is 9.26. The molecule has 0 aliphatic carbocycles. The number of halogens is 1. The highest BCUT2D eigenvalue weighted by Crippen LogP contribution is 2.32. The fourth-order valence-electron chi connectivity index (χ4n) is 3.13. The smallest absolute Gasteiger partial charge is 0.322 e. The predicted molar refractivity (Wildman–Crippen MR) is 106 cm³/mol. The van der Waals surface area contributed by atoms with Crippen molar-refractivity contribution in [3.05, 3.63) is 65.0 Å². The van der Waals surface area contributed by atoms with Gasteiger partial charge in [-0.05, 0) is 42.5 Å². The lowest BCUT2D eigenvalue weighted by Crippen LogP contribution is -2.24. The molecule has 2 aromatic carbocycles. The minimum Gasteiger partial charge on any atom is -0.497 e. The molecule has 1 aliphatic heterocycles. The van der Waals surface area contributed by atoms with Crippen molar-refractivity contribution in [1.29, 1.82) is 0 Å².